The van der Waals surface area contributed by atoms with Gasteiger partial charge < -0.3 is 4.90 Å². The first kappa shape index (κ1) is 15.5. The monoisotopic (exact) mass is 287 g/mol. The Kier molecular flexibility index (Phi) is 5.37. The van der Waals surface area contributed by atoms with Gasteiger partial charge in [0.05, 0.1) is 17.3 Å². The first-order valence-electron chi connectivity index (χ1n) is 7.70. The highest BCUT2D eigenvalue weighted by Gasteiger charge is 2.33. The lowest BCUT2D eigenvalue weighted by Gasteiger charge is -2.27. The molecule has 114 valence electrons. The molecule has 1 heterocycles. The SMILES string of the molecule is CC1=NN(C2CCCCC2)C(=O)/C1=C/C=C/C=C/N(C)C. The van der Waals surface area contributed by atoms with Crippen molar-refractivity contribution in [3.63, 3.8) is 0 Å². The van der Waals surface area contributed by atoms with Gasteiger partial charge in [0.1, 0.15) is 0 Å². The predicted octanol–water partition coefficient (Wildman–Crippen LogP) is 3.10. The summed E-state index contributed by atoms with van der Waals surface area (Å²) in [4.78, 5) is 14.4. The molecule has 1 aliphatic carbocycles. The van der Waals surface area contributed by atoms with Crippen molar-refractivity contribution in [2.45, 2.75) is 45.1 Å². The Morgan fingerprint density at radius 2 is 1.86 bits per heavy atom. The van der Waals surface area contributed by atoms with Crippen LogP contribution in [-0.2, 0) is 4.79 Å². The van der Waals surface area contributed by atoms with Crippen molar-refractivity contribution in [2.24, 2.45) is 5.10 Å². The first-order valence-corrected chi connectivity index (χ1v) is 7.70. The standard InChI is InChI=1S/C17H25N3O/c1-14-16(12-8-5-9-13-19(2)3)17(21)20(18-14)15-10-6-4-7-11-15/h5,8-9,12-13,15H,4,6-7,10-11H2,1-3H3/b8-5+,13-9+,16-12+. The van der Waals surface area contributed by atoms with Gasteiger partial charge >= 0.3 is 0 Å². The molecule has 0 spiro atoms. The van der Waals surface area contributed by atoms with E-state index in [1.54, 1.807) is 5.01 Å². The minimum absolute atomic E-state index is 0.0561. The Bertz CT molecular complexity index is 494. The number of carbonyl (C=O) groups is 1. The number of nitrogens with zero attached hydrogens (tertiary/aromatic N) is 3. The summed E-state index contributed by atoms with van der Waals surface area (Å²) in [5.41, 5.74) is 1.54. The van der Waals surface area contributed by atoms with Gasteiger partial charge in [-0.05, 0) is 38.1 Å². The van der Waals surface area contributed by atoms with Gasteiger partial charge in [-0.3, -0.25) is 4.79 Å². The molecule has 21 heavy (non-hydrogen) atoms. The van der Waals surface area contributed by atoms with E-state index in [1.165, 1.54) is 19.3 Å². The van der Waals surface area contributed by atoms with E-state index in [4.69, 9.17) is 0 Å². The van der Waals surface area contributed by atoms with E-state index in [-0.39, 0.29) is 5.91 Å². The Labute approximate surface area is 127 Å². The lowest BCUT2D eigenvalue weighted by Crippen LogP contribution is -2.35. The zero-order valence-electron chi connectivity index (χ0n) is 13.2. The minimum atomic E-state index is 0.0561. The zero-order chi connectivity index (χ0) is 15.2. The summed E-state index contributed by atoms with van der Waals surface area (Å²) >= 11 is 0. The second kappa shape index (κ2) is 7.25. The molecule has 0 aromatic carbocycles. The third-order valence-corrected chi connectivity index (χ3v) is 3.88. The van der Waals surface area contributed by atoms with Crippen LogP contribution >= 0.6 is 0 Å². The van der Waals surface area contributed by atoms with Gasteiger partial charge in [0, 0.05) is 14.1 Å². The average molecular weight is 287 g/mol. The summed E-state index contributed by atoms with van der Waals surface area (Å²) in [6.07, 6.45) is 15.5. The molecular weight excluding hydrogens is 262 g/mol. The molecule has 0 atom stereocenters. The van der Waals surface area contributed by atoms with E-state index in [9.17, 15) is 4.79 Å². The van der Waals surface area contributed by atoms with E-state index < -0.39 is 0 Å². The van der Waals surface area contributed by atoms with Crippen molar-refractivity contribution in [3.8, 4) is 0 Å². The van der Waals surface area contributed by atoms with Gasteiger partial charge in [-0.15, -0.1) is 0 Å². The van der Waals surface area contributed by atoms with Gasteiger partial charge in [0.15, 0.2) is 0 Å². The summed E-state index contributed by atoms with van der Waals surface area (Å²) in [5.74, 6) is 0.0561. The topological polar surface area (TPSA) is 35.9 Å². The van der Waals surface area contributed by atoms with Crippen LogP contribution in [0.3, 0.4) is 0 Å². The van der Waals surface area contributed by atoms with Crippen molar-refractivity contribution in [3.05, 3.63) is 36.1 Å². The van der Waals surface area contributed by atoms with Crippen molar-refractivity contribution < 1.29 is 4.79 Å². The maximum Gasteiger partial charge on any atom is 0.276 e. The molecule has 0 bridgehead atoms. The summed E-state index contributed by atoms with van der Waals surface area (Å²) in [7, 11) is 3.95. The fourth-order valence-corrected chi connectivity index (χ4v) is 2.74. The van der Waals surface area contributed by atoms with Crippen LogP contribution in [0.25, 0.3) is 0 Å². The molecule has 0 aromatic rings. The number of rotatable bonds is 4. The fraction of sp³-hybridized carbons (Fsp3) is 0.529. The number of allylic oxidation sites excluding steroid dienone is 4. The molecule has 0 radical (unpaired) electrons. The molecule has 4 nitrogen and oxygen atoms in total. The molecule has 1 amide bonds. The fourth-order valence-electron chi connectivity index (χ4n) is 2.74. The van der Waals surface area contributed by atoms with Gasteiger partial charge in [-0.1, -0.05) is 31.4 Å². The third kappa shape index (κ3) is 4.06. The second-order valence-corrected chi connectivity index (χ2v) is 5.90. The Balaban J connectivity index is 2.02. The first-order chi connectivity index (χ1) is 10.1. The Morgan fingerprint density at radius 1 is 1.14 bits per heavy atom. The third-order valence-electron chi connectivity index (χ3n) is 3.88. The molecule has 2 rings (SSSR count). The molecular formula is C17H25N3O. The average Bonchev–Trinajstić information content (AvgIpc) is 2.75. The molecule has 4 heteroatoms. The molecule has 1 saturated carbocycles. The van der Waals surface area contributed by atoms with Crippen molar-refractivity contribution in [1.29, 1.82) is 0 Å². The van der Waals surface area contributed by atoms with E-state index in [1.807, 2.05) is 56.4 Å². The molecule has 1 fully saturated rings. The number of carbonyl (C=O) groups excluding carboxylic acids is 1. The van der Waals surface area contributed by atoms with Crippen molar-refractivity contribution >= 4 is 11.6 Å². The van der Waals surface area contributed by atoms with Crippen molar-refractivity contribution in [1.82, 2.24) is 9.91 Å². The van der Waals surface area contributed by atoms with Crippen LogP contribution in [0.4, 0.5) is 0 Å². The number of amides is 1. The Morgan fingerprint density at radius 3 is 2.52 bits per heavy atom. The van der Waals surface area contributed by atoms with E-state index in [2.05, 4.69) is 5.10 Å². The number of hydrogen-bond donors (Lipinski definition) is 0. The van der Waals surface area contributed by atoms with Gasteiger partial charge in [-0.2, -0.15) is 5.10 Å². The van der Waals surface area contributed by atoms with Gasteiger partial charge in [-0.25, -0.2) is 5.01 Å². The molecule has 1 aliphatic heterocycles. The highest BCUT2D eigenvalue weighted by Crippen LogP contribution is 2.27. The van der Waals surface area contributed by atoms with Gasteiger partial charge in [0.25, 0.3) is 5.91 Å². The molecule has 0 saturated heterocycles. The van der Waals surface area contributed by atoms with Crippen LogP contribution in [-0.4, -0.2) is 41.7 Å². The zero-order valence-corrected chi connectivity index (χ0v) is 13.2. The molecule has 0 unspecified atom stereocenters. The van der Waals surface area contributed by atoms with Crippen LogP contribution in [0.1, 0.15) is 39.0 Å². The number of hydrogen-bond acceptors (Lipinski definition) is 3. The largest absolute Gasteiger partial charge is 0.383 e. The van der Waals surface area contributed by atoms with Crippen LogP contribution in [0.15, 0.2) is 41.2 Å². The van der Waals surface area contributed by atoms with Gasteiger partial charge in [0.2, 0.25) is 0 Å². The quantitative estimate of drug-likeness (QED) is 0.588. The second-order valence-electron chi connectivity index (χ2n) is 5.90. The maximum absolute atomic E-state index is 12.5. The normalized spacial score (nSPS) is 22.8. The summed E-state index contributed by atoms with van der Waals surface area (Å²) in [5, 5.41) is 6.19. The highest BCUT2D eigenvalue weighted by molar-refractivity contribution is 6.24. The minimum Gasteiger partial charge on any atom is -0.383 e. The Hall–Kier alpha value is -1.84. The number of hydrazone groups is 1. The molecule has 0 aromatic heterocycles. The summed E-state index contributed by atoms with van der Waals surface area (Å²) in [6.45, 7) is 1.91. The highest BCUT2D eigenvalue weighted by atomic mass is 16.2. The summed E-state index contributed by atoms with van der Waals surface area (Å²) < 4.78 is 0. The van der Waals surface area contributed by atoms with E-state index in [0.717, 1.165) is 24.1 Å². The lowest BCUT2D eigenvalue weighted by atomic mass is 9.95. The van der Waals surface area contributed by atoms with Crippen LogP contribution in [0, 0.1) is 0 Å². The smallest absolute Gasteiger partial charge is 0.276 e. The van der Waals surface area contributed by atoms with Crippen LogP contribution in [0.5, 0.6) is 0 Å². The molecule has 0 N–H and O–H groups in total. The maximum atomic E-state index is 12.5. The van der Waals surface area contributed by atoms with E-state index >= 15 is 0 Å². The van der Waals surface area contributed by atoms with Crippen molar-refractivity contribution in [2.75, 3.05) is 14.1 Å². The lowest BCUT2D eigenvalue weighted by molar-refractivity contribution is -0.128. The predicted molar refractivity (Wildman–Crippen MR) is 86.9 cm³/mol. The van der Waals surface area contributed by atoms with E-state index in [0.29, 0.717) is 6.04 Å². The molecule has 2 aliphatic rings. The van der Waals surface area contributed by atoms with Crippen LogP contribution in [0.2, 0.25) is 0 Å². The summed E-state index contributed by atoms with van der Waals surface area (Å²) in [6, 6.07) is 0.296. The van der Waals surface area contributed by atoms with Crippen LogP contribution < -0.4 is 0 Å².